The third-order valence-corrected chi connectivity index (χ3v) is 16.6. The maximum atomic E-state index is 16.1. The molecular formula is C31H54F2N8O6S2. The largest absolute Gasteiger partial charge is 0.375 e. The Morgan fingerprint density at radius 2 is 1.84 bits per heavy atom. The van der Waals surface area contributed by atoms with Crippen LogP contribution in [-0.2, 0) is 19.4 Å². The fourth-order valence-electron chi connectivity index (χ4n) is 9.19. The van der Waals surface area contributed by atoms with E-state index in [1.165, 1.54) is 11.8 Å². The number of hydrazine groups is 1. The third kappa shape index (κ3) is 7.92. The Morgan fingerprint density at radius 1 is 1.10 bits per heavy atom. The van der Waals surface area contributed by atoms with Crippen LogP contribution in [0.25, 0.3) is 0 Å². The van der Waals surface area contributed by atoms with Crippen LogP contribution in [0, 0.1) is 22.0 Å². The number of sulfone groups is 1. The predicted molar refractivity (Wildman–Crippen MR) is 182 cm³/mol. The quantitative estimate of drug-likeness (QED) is 0.124. The molecule has 3 saturated heterocycles. The van der Waals surface area contributed by atoms with Crippen molar-refractivity contribution in [1.29, 1.82) is 0 Å². The molecule has 3 heterocycles. The van der Waals surface area contributed by atoms with Crippen molar-refractivity contribution in [3.8, 4) is 0 Å². The summed E-state index contributed by atoms with van der Waals surface area (Å²) in [4.78, 5) is 24.7. The Morgan fingerprint density at radius 3 is 2.43 bits per heavy atom. The van der Waals surface area contributed by atoms with Gasteiger partial charge in [-0.2, -0.15) is 0 Å². The summed E-state index contributed by atoms with van der Waals surface area (Å²) in [5.41, 5.74) is 11.6. The highest BCUT2D eigenvalue weighted by molar-refractivity contribution is 8.00. The number of amides is 1. The molecule has 3 saturated carbocycles. The zero-order chi connectivity index (χ0) is 35.1. The molecule has 6 fully saturated rings. The molecule has 280 valence electrons. The Balaban J connectivity index is 1.12. The number of piperidine rings is 1. The minimum atomic E-state index is -3.91. The van der Waals surface area contributed by atoms with Crippen LogP contribution < -0.4 is 32.5 Å². The van der Waals surface area contributed by atoms with Gasteiger partial charge in [-0.15, -0.1) is 11.8 Å². The molecule has 7 N–H and O–H groups in total. The van der Waals surface area contributed by atoms with Crippen molar-refractivity contribution < 1.29 is 31.7 Å². The molecule has 0 spiro atoms. The fourth-order valence-corrected chi connectivity index (χ4v) is 13.4. The van der Waals surface area contributed by atoms with Crippen LogP contribution in [0.15, 0.2) is 0 Å². The van der Waals surface area contributed by atoms with E-state index in [9.17, 15) is 23.3 Å². The van der Waals surface area contributed by atoms with Crippen molar-refractivity contribution in [2.24, 2.45) is 17.6 Å². The molecule has 18 heteroatoms. The lowest BCUT2D eigenvalue weighted by atomic mass is 9.81. The minimum Gasteiger partial charge on any atom is -0.375 e. The van der Waals surface area contributed by atoms with Crippen LogP contribution in [0.1, 0.15) is 84.0 Å². The molecule has 1 amide bonds. The first kappa shape index (κ1) is 37.5. The second-order valence-corrected chi connectivity index (χ2v) is 19.1. The van der Waals surface area contributed by atoms with E-state index < -0.39 is 54.3 Å². The monoisotopic (exact) mass is 736 g/mol. The number of nitro groups is 1. The average molecular weight is 737 g/mol. The summed E-state index contributed by atoms with van der Waals surface area (Å²) >= 11 is 1.42. The van der Waals surface area contributed by atoms with Crippen LogP contribution in [-0.4, -0.2) is 114 Å². The normalized spacial score (nSPS) is 42.1. The first-order valence-electron chi connectivity index (χ1n) is 18.0. The molecule has 3 aliphatic carbocycles. The van der Waals surface area contributed by atoms with Crippen molar-refractivity contribution in [2.45, 2.75) is 154 Å². The number of carbonyl (C=O) groups excluding carboxylic acids is 1. The van der Waals surface area contributed by atoms with Crippen LogP contribution in [0.4, 0.5) is 8.78 Å². The van der Waals surface area contributed by atoms with Crippen molar-refractivity contribution in [3.63, 3.8) is 0 Å². The third-order valence-electron chi connectivity index (χ3n) is 12.0. The second-order valence-electron chi connectivity index (χ2n) is 15.2. The lowest BCUT2D eigenvalue weighted by molar-refractivity contribution is -0.536. The molecule has 0 aromatic heterocycles. The maximum Gasteiger partial charge on any atom is 0.244 e. The minimum absolute atomic E-state index is 0.0196. The number of hydrogen-bond donors (Lipinski definition) is 6. The van der Waals surface area contributed by atoms with Gasteiger partial charge < -0.3 is 10.5 Å². The van der Waals surface area contributed by atoms with Gasteiger partial charge in [0, 0.05) is 42.1 Å². The number of nitrogens with one attached hydrogen (secondary N) is 5. The Hall–Kier alpha value is -1.25. The van der Waals surface area contributed by atoms with Gasteiger partial charge in [-0.3, -0.25) is 41.2 Å². The zero-order valence-corrected chi connectivity index (χ0v) is 30.0. The molecule has 0 radical (unpaired) electrons. The number of likely N-dealkylation sites (tertiary alicyclic amines) is 1. The average Bonchev–Trinajstić information content (AvgIpc) is 3.78. The van der Waals surface area contributed by atoms with Crippen LogP contribution in [0.3, 0.4) is 0 Å². The smallest absolute Gasteiger partial charge is 0.244 e. The van der Waals surface area contributed by atoms with Crippen molar-refractivity contribution >= 4 is 27.5 Å². The Labute approximate surface area is 291 Å². The predicted octanol–water partition coefficient (Wildman–Crippen LogP) is 1.24. The molecule has 12 unspecified atom stereocenters. The summed E-state index contributed by atoms with van der Waals surface area (Å²) in [6.45, 7) is 3.59. The zero-order valence-electron chi connectivity index (χ0n) is 28.4. The van der Waals surface area contributed by atoms with Gasteiger partial charge in [-0.1, -0.05) is 0 Å². The lowest BCUT2D eigenvalue weighted by Gasteiger charge is -2.50. The highest BCUT2D eigenvalue weighted by Gasteiger charge is 2.66. The number of hydrogen-bond acceptors (Lipinski definition) is 13. The molecule has 49 heavy (non-hydrogen) atoms. The molecule has 0 bridgehead atoms. The number of thioether (sulfide) groups is 1. The number of halogens is 2. The van der Waals surface area contributed by atoms with Gasteiger partial charge in [0.05, 0.1) is 28.5 Å². The standard InChI is InChI=1S/C31H54F2N8O6S2/c1-17-14-25(39-38-17)35-28-27(47-2)29(40-12-8-18(9-13-40)15-24(34)42)37-30(36-28)48-23-7-6-19(16-21(23)32)49(45,46)31(10-11-31)20-4-3-5-22(26(20)33)41(43)44/h17-23,25-30,35-39H,3-16H2,1-2H3,(H2,34,42). The van der Waals surface area contributed by atoms with E-state index in [0.717, 1.165) is 32.4 Å². The first-order valence-corrected chi connectivity index (χ1v) is 20.5. The molecule has 3 aliphatic heterocycles. The van der Waals surface area contributed by atoms with Gasteiger partial charge in [-0.05, 0) is 90.1 Å². The Kier molecular flexibility index (Phi) is 11.8. The van der Waals surface area contributed by atoms with Gasteiger partial charge in [-0.25, -0.2) is 22.6 Å². The van der Waals surface area contributed by atoms with Gasteiger partial charge in [0.2, 0.25) is 11.9 Å². The van der Waals surface area contributed by atoms with E-state index in [2.05, 4.69) is 38.6 Å². The second kappa shape index (κ2) is 15.4. The van der Waals surface area contributed by atoms with Crippen molar-refractivity contribution in [2.75, 3.05) is 20.2 Å². The van der Waals surface area contributed by atoms with E-state index in [0.29, 0.717) is 25.7 Å². The van der Waals surface area contributed by atoms with E-state index in [1.807, 2.05) is 0 Å². The van der Waals surface area contributed by atoms with Crippen molar-refractivity contribution in [1.82, 2.24) is 31.7 Å². The number of methoxy groups -OCH3 is 1. The molecule has 6 aliphatic rings. The van der Waals surface area contributed by atoms with Crippen molar-refractivity contribution in [3.05, 3.63) is 10.1 Å². The highest BCUT2D eigenvalue weighted by Crippen LogP contribution is 2.57. The summed E-state index contributed by atoms with van der Waals surface area (Å²) in [6.07, 6.45) is 0.714. The highest BCUT2D eigenvalue weighted by atomic mass is 32.2. The number of nitrogens with zero attached hydrogens (tertiary/aromatic N) is 2. The molecular weight excluding hydrogens is 683 g/mol. The topological polar surface area (TPSA) is 193 Å². The lowest BCUT2D eigenvalue weighted by Crippen LogP contribution is -2.75. The molecule has 6 rings (SSSR count). The first-order chi connectivity index (χ1) is 23.3. The summed E-state index contributed by atoms with van der Waals surface area (Å²) in [6, 6.07) is -1.10. The van der Waals surface area contributed by atoms with Crippen LogP contribution in [0.2, 0.25) is 0 Å². The maximum absolute atomic E-state index is 16.1. The molecule has 14 nitrogen and oxygen atoms in total. The molecule has 12 atom stereocenters. The van der Waals surface area contributed by atoms with Gasteiger partial charge in [0.15, 0.2) is 16.0 Å². The van der Waals surface area contributed by atoms with E-state index >= 15 is 8.78 Å². The number of alkyl halides is 2. The number of nitrogens with two attached hydrogens (primary N) is 1. The summed E-state index contributed by atoms with van der Waals surface area (Å²) in [5, 5.41) is 20.9. The van der Waals surface area contributed by atoms with Gasteiger partial charge in [0.25, 0.3) is 0 Å². The summed E-state index contributed by atoms with van der Waals surface area (Å²) in [5.74, 6) is -0.964. The van der Waals surface area contributed by atoms with E-state index in [4.69, 9.17) is 10.5 Å². The molecule has 0 aromatic carbocycles. The number of rotatable bonds is 12. The van der Waals surface area contributed by atoms with Crippen LogP contribution >= 0.6 is 11.8 Å². The number of primary amides is 1. The van der Waals surface area contributed by atoms with Gasteiger partial charge >= 0.3 is 0 Å². The summed E-state index contributed by atoms with van der Waals surface area (Å²) < 4.78 is 64.3. The van der Waals surface area contributed by atoms with E-state index in [-0.39, 0.29) is 80.1 Å². The number of ether oxygens (including phenoxy) is 1. The number of carbonyl (C=O) groups is 1. The van der Waals surface area contributed by atoms with Crippen LogP contribution in [0.5, 0.6) is 0 Å². The van der Waals surface area contributed by atoms with Gasteiger partial charge in [0.1, 0.15) is 17.8 Å². The SMILES string of the molecule is COC1C(NC2CC(C)NN2)NC(SC2CCC(S(=O)(=O)C3(C4CCCC([N+](=O)[O-])C4F)CC3)CC2F)NC1N1CCC(CC(N)=O)CC1. The Bertz CT molecular complexity index is 1290. The fraction of sp³-hybridized carbons (Fsp3) is 0.968. The van der Waals surface area contributed by atoms with E-state index in [1.54, 1.807) is 7.11 Å². The summed E-state index contributed by atoms with van der Waals surface area (Å²) in [7, 11) is -2.24. The molecule has 0 aromatic rings.